The SMILES string of the molecule is C[C@]1(c2ccc3c(c2)OCCCO3)NC(=O)N(Cc2ccc(C#N)cc2)C1=O. The van der Waals surface area contributed by atoms with E-state index in [1.54, 1.807) is 49.4 Å². The highest BCUT2D eigenvalue weighted by molar-refractivity contribution is 6.07. The maximum atomic E-state index is 13.1. The Bertz CT molecular complexity index is 980. The van der Waals surface area contributed by atoms with Gasteiger partial charge in [0.2, 0.25) is 0 Å². The second-order valence-corrected chi connectivity index (χ2v) is 6.97. The molecule has 7 heteroatoms. The van der Waals surface area contributed by atoms with Crippen LogP contribution in [0.5, 0.6) is 11.5 Å². The Morgan fingerprint density at radius 2 is 1.82 bits per heavy atom. The highest BCUT2D eigenvalue weighted by Gasteiger charge is 2.49. The number of benzene rings is 2. The van der Waals surface area contributed by atoms with Crippen molar-refractivity contribution in [2.75, 3.05) is 13.2 Å². The summed E-state index contributed by atoms with van der Waals surface area (Å²) in [5.41, 5.74) is 0.745. The number of nitrogens with one attached hydrogen (secondary N) is 1. The molecule has 1 saturated heterocycles. The van der Waals surface area contributed by atoms with Crippen LogP contribution in [-0.2, 0) is 16.9 Å². The molecule has 1 fully saturated rings. The second kappa shape index (κ2) is 6.89. The van der Waals surface area contributed by atoms with Crippen LogP contribution < -0.4 is 14.8 Å². The van der Waals surface area contributed by atoms with Crippen LogP contribution in [0.2, 0.25) is 0 Å². The van der Waals surface area contributed by atoms with Crippen LogP contribution in [0, 0.1) is 11.3 Å². The summed E-state index contributed by atoms with van der Waals surface area (Å²) in [5, 5.41) is 11.7. The molecule has 0 saturated carbocycles. The number of amides is 3. The van der Waals surface area contributed by atoms with Crippen molar-refractivity contribution in [2.45, 2.75) is 25.4 Å². The lowest BCUT2D eigenvalue weighted by Crippen LogP contribution is -2.40. The molecule has 0 bridgehead atoms. The molecule has 4 rings (SSSR count). The van der Waals surface area contributed by atoms with Crippen molar-refractivity contribution in [1.82, 2.24) is 10.2 Å². The third kappa shape index (κ3) is 3.03. The molecule has 2 heterocycles. The summed E-state index contributed by atoms with van der Waals surface area (Å²) in [6.45, 7) is 2.94. The van der Waals surface area contributed by atoms with Gasteiger partial charge in [-0.15, -0.1) is 0 Å². The average molecular weight is 377 g/mol. The van der Waals surface area contributed by atoms with Crippen LogP contribution in [0.15, 0.2) is 42.5 Å². The van der Waals surface area contributed by atoms with E-state index in [4.69, 9.17) is 14.7 Å². The van der Waals surface area contributed by atoms with E-state index in [1.807, 2.05) is 6.07 Å². The molecule has 0 aromatic heterocycles. The average Bonchev–Trinajstić information content (AvgIpc) is 2.88. The fourth-order valence-electron chi connectivity index (χ4n) is 3.38. The number of fused-ring (bicyclic) bond motifs is 1. The molecule has 28 heavy (non-hydrogen) atoms. The van der Waals surface area contributed by atoms with Gasteiger partial charge in [0.05, 0.1) is 31.4 Å². The van der Waals surface area contributed by atoms with Crippen molar-refractivity contribution < 1.29 is 19.1 Å². The first-order valence-corrected chi connectivity index (χ1v) is 9.04. The number of urea groups is 1. The maximum absolute atomic E-state index is 13.1. The molecule has 3 amide bonds. The summed E-state index contributed by atoms with van der Waals surface area (Å²) in [5.74, 6) is 0.872. The summed E-state index contributed by atoms with van der Waals surface area (Å²) < 4.78 is 11.3. The Morgan fingerprint density at radius 1 is 1.11 bits per heavy atom. The highest BCUT2D eigenvalue weighted by atomic mass is 16.5. The highest BCUT2D eigenvalue weighted by Crippen LogP contribution is 2.37. The van der Waals surface area contributed by atoms with Gasteiger partial charge in [-0.2, -0.15) is 5.26 Å². The summed E-state index contributed by atoms with van der Waals surface area (Å²) in [4.78, 5) is 26.8. The van der Waals surface area contributed by atoms with Crippen molar-refractivity contribution in [3.63, 3.8) is 0 Å². The van der Waals surface area contributed by atoms with Gasteiger partial charge in [-0.25, -0.2) is 4.79 Å². The molecule has 142 valence electrons. The van der Waals surface area contributed by atoms with E-state index >= 15 is 0 Å². The van der Waals surface area contributed by atoms with Crippen LogP contribution >= 0.6 is 0 Å². The Hall–Kier alpha value is -3.53. The van der Waals surface area contributed by atoms with Crippen LogP contribution in [0.4, 0.5) is 4.79 Å². The van der Waals surface area contributed by atoms with E-state index in [0.29, 0.717) is 35.8 Å². The first kappa shape index (κ1) is 17.9. The number of carbonyl (C=O) groups excluding carboxylic acids is 2. The number of hydrogen-bond donors (Lipinski definition) is 1. The van der Waals surface area contributed by atoms with Crippen LogP contribution in [0.3, 0.4) is 0 Å². The number of nitrogens with zero attached hydrogens (tertiary/aromatic N) is 2. The molecule has 2 aliphatic rings. The van der Waals surface area contributed by atoms with Crippen LogP contribution in [0.1, 0.15) is 30.0 Å². The minimum Gasteiger partial charge on any atom is -0.490 e. The van der Waals surface area contributed by atoms with E-state index in [9.17, 15) is 9.59 Å². The van der Waals surface area contributed by atoms with Gasteiger partial charge in [-0.3, -0.25) is 9.69 Å². The molecule has 0 aliphatic carbocycles. The maximum Gasteiger partial charge on any atom is 0.325 e. The van der Waals surface area contributed by atoms with Gasteiger partial charge in [-0.1, -0.05) is 18.2 Å². The Labute approximate surface area is 162 Å². The largest absolute Gasteiger partial charge is 0.490 e. The van der Waals surface area contributed by atoms with E-state index in [1.165, 1.54) is 4.90 Å². The standard InChI is InChI=1S/C21H19N3O4/c1-21(16-7-8-17-18(11-16)28-10-2-9-27-17)19(25)24(20(26)23-21)13-15-5-3-14(12-22)4-6-15/h3-8,11H,2,9-10,13H2,1H3,(H,23,26)/t21-/m1/s1. The van der Waals surface area contributed by atoms with Crippen LogP contribution in [0.25, 0.3) is 0 Å². The summed E-state index contributed by atoms with van der Waals surface area (Å²) in [6.07, 6.45) is 0.787. The smallest absolute Gasteiger partial charge is 0.325 e. The lowest BCUT2D eigenvalue weighted by atomic mass is 9.91. The molecule has 2 aromatic rings. The molecule has 7 nitrogen and oxygen atoms in total. The molecule has 0 radical (unpaired) electrons. The molecule has 2 aliphatic heterocycles. The van der Waals surface area contributed by atoms with E-state index < -0.39 is 11.6 Å². The molecule has 0 unspecified atom stereocenters. The first-order valence-electron chi connectivity index (χ1n) is 9.04. The van der Waals surface area contributed by atoms with Gasteiger partial charge in [0.1, 0.15) is 5.54 Å². The minimum absolute atomic E-state index is 0.135. The van der Waals surface area contributed by atoms with Gasteiger partial charge in [-0.05, 0) is 42.3 Å². The second-order valence-electron chi connectivity index (χ2n) is 6.97. The third-order valence-electron chi connectivity index (χ3n) is 5.02. The predicted molar refractivity (Wildman–Crippen MR) is 99.6 cm³/mol. The number of carbonyl (C=O) groups is 2. The minimum atomic E-state index is -1.19. The fourth-order valence-corrected chi connectivity index (χ4v) is 3.38. The van der Waals surface area contributed by atoms with Gasteiger partial charge >= 0.3 is 6.03 Å². The zero-order valence-corrected chi connectivity index (χ0v) is 15.4. The number of imide groups is 1. The lowest BCUT2D eigenvalue weighted by Gasteiger charge is -2.23. The summed E-state index contributed by atoms with van der Waals surface area (Å²) in [6, 6.07) is 13.7. The van der Waals surface area contributed by atoms with Crippen molar-refractivity contribution in [2.24, 2.45) is 0 Å². The van der Waals surface area contributed by atoms with E-state index in [0.717, 1.165) is 12.0 Å². The van der Waals surface area contributed by atoms with Crippen molar-refractivity contribution in [3.05, 3.63) is 59.2 Å². The molecular formula is C21H19N3O4. The molecule has 2 aromatic carbocycles. The quantitative estimate of drug-likeness (QED) is 0.831. The fraction of sp³-hybridized carbons (Fsp3) is 0.286. The number of nitriles is 1. The number of ether oxygens (including phenoxy) is 2. The van der Waals surface area contributed by atoms with Crippen molar-refractivity contribution in [1.29, 1.82) is 5.26 Å². The van der Waals surface area contributed by atoms with E-state index in [-0.39, 0.29) is 12.5 Å². The van der Waals surface area contributed by atoms with Crippen LogP contribution in [-0.4, -0.2) is 30.1 Å². The molecule has 1 N–H and O–H groups in total. The Balaban J connectivity index is 1.60. The Morgan fingerprint density at radius 3 is 2.54 bits per heavy atom. The van der Waals surface area contributed by atoms with Gasteiger partial charge in [0.15, 0.2) is 11.5 Å². The first-order chi connectivity index (χ1) is 13.5. The summed E-state index contributed by atoms with van der Waals surface area (Å²) >= 11 is 0. The number of rotatable bonds is 3. The molecule has 0 spiro atoms. The van der Waals surface area contributed by atoms with Crippen molar-refractivity contribution >= 4 is 11.9 Å². The van der Waals surface area contributed by atoms with Gasteiger partial charge < -0.3 is 14.8 Å². The molecular weight excluding hydrogens is 358 g/mol. The molecule has 1 atom stereocenters. The third-order valence-corrected chi connectivity index (χ3v) is 5.02. The topological polar surface area (TPSA) is 91.7 Å². The monoisotopic (exact) mass is 377 g/mol. The van der Waals surface area contributed by atoms with Crippen molar-refractivity contribution in [3.8, 4) is 17.6 Å². The number of hydrogen-bond acceptors (Lipinski definition) is 5. The zero-order chi connectivity index (χ0) is 19.7. The van der Waals surface area contributed by atoms with E-state index in [2.05, 4.69) is 5.32 Å². The lowest BCUT2D eigenvalue weighted by molar-refractivity contribution is -0.131. The summed E-state index contributed by atoms with van der Waals surface area (Å²) in [7, 11) is 0. The van der Waals surface area contributed by atoms with Gasteiger partial charge in [0, 0.05) is 6.42 Å². The predicted octanol–water partition coefficient (Wildman–Crippen LogP) is 2.69. The normalized spacial score (nSPS) is 21.1. The Kier molecular flexibility index (Phi) is 4.40. The zero-order valence-electron chi connectivity index (χ0n) is 15.4. The van der Waals surface area contributed by atoms with Gasteiger partial charge in [0.25, 0.3) is 5.91 Å².